The third-order valence-corrected chi connectivity index (χ3v) is 2.77. The SMILES string of the molecule is Cc1cccc(-n2cccc(CC(C)C)c2=O)n1. The molecule has 0 aliphatic rings. The Balaban J connectivity index is 2.49. The predicted molar refractivity (Wildman–Crippen MR) is 73.1 cm³/mol. The summed E-state index contributed by atoms with van der Waals surface area (Å²) >= 11 is 0. The topological polar surface area (TPSA) is 34.9 Å². The second kappa shape index (κ2) is 5.17. The molecular weight excluding hydrogens is 224 g/mol. The van der Waals surface area contributed by atoms with Crippen LogP contribution in [-0.4, -0.2) is 9.55 Å². The first-order valence-corrected chi connectivity index (χ1v) is 6.22. The number of pyridine rings is 2. The van der Waals surface area contributed by atoms with Crippen LogP contribution in [0.2, 0.25) is 0 Å². The van der Waals surface area contributed by atoms with Gasteiger partial charge in [0.1, 0.15) is 5.82 Å². The van der Waals surface area contributed by atoms with Crippen LogP contribution in [0, 0.1) is 12.8 Å². The van der Waals surface area contributed by atoms with Crippen molar-refractivity contribution in [3.63, 3.8) is 0 Å². The van der Waals surface area contributed by atoms with Gasteiger partial charge in [0.2, 0.25) is 0 Å². The van der Waals surface area contributed by atoms with Crippen LogP contribution in [-0.2, 0) is 6.42 Å². The van der Waals surface area contributed by atoms with Crippen LogP contribution >= 0.6 is 0 Å². The molecule has 0 radical (unpaired) electrons. The zero-order valence-electron chi connectivity index (χ0n) is 11.1. The number of nitrogens with zero attached hydrogens (tertiary/aromatic N) is 2. The summed E-state index contributed by atoms with van der Waals surface area (Å²) in [6.07, 6.45) is 2.57. The standard InChI is InChI=1S/C15H18N2O/c1-11(2)10-13-7-5-9-17(15(13)18)14-8-4-6-12(3)16-14/h4-9,11H,10H2,1-3H3. The fourth-order valence-electron chi connectivity index (χ4n) is 1.98. The quantitative estimate of drug-likeness (QED) is 0.829. The van der Waals surface area contributed by atoms with E-state index in [1.54, 1.807) is 10.8 Å². The van der Waals surface area contributed by atoms with Gasteiger partial charge in [-0.2, -0.15) is 0 Å². The van der Waals surface area contributed by atoms with Gasteiger partial charge in [-0.15, -0.1) is 0 Å². The molecule has 0 N–H and O–H groups in total. The maximum Gasteiger partial charge on any atom is 0.259 e. The van der Waals surface area contributed by atoms with Crippen molar-refractivity contribution < 1.29 is 0 Å². The third kappa shape index (κ3) is 2.67. The Bertz CT molecular complexity index is 599. The summed E-state index contributed by atoms with van der Waals surface area (Å²) in [5, 5.41) is 0. The normalized spacial score (nSPS) is 10.9. The molecule has 0 aliphatic carbocycles. The van der Waals surface area contributed by atoms with E-state index in [0.29, 0.717) is 11.7 Å². The minimum Gasteiger partial charge on any atom is -0.269 e. The maximum absolute atomic E-state index is 12.3. The molecule has 2 rings (SSSR count). The Kier molecular flexibility index (Phi) is 3.60. The van der Waals surface area contributed by atoms with Gasteiger partial charge in [-0.3, -0.25) is 9.36 Å². The average Bonchev–Trinajstić information content (AvgIpc) is 2.31. The molecule has 18 heavy (non-hydrogen) atoms. The lowest BCUT2D eigenvalue weighted by atomic mass is 10.0. The largest absolute Gasteiger partial charge is 0.269 e. The molecule has 3 nitrogen and oxygen atoms in total. The van der Waals surface area contributed by atoms with Crippen molar-refractivity contribution in [2.45, 2.75) is 27.2 Å². The van der Waals surface area contributed by atoms with E-state index in [9.17, 15) is 4.79 Å². The molecule has 0 saturated carbocycles. The molecule has 0 saturated heterocycles. The average molecular weight is 242 g/mol. The Labute approximate surface area is 107 Å². The second-order valence-corrected chi connectivity index (χ2v) is 4.94. The minimum absolute atomic E-state index is 0.0318. The van der Waals surface area contributed by atoms with Crippen LogP contribution in [0.25, 0.3) is 5.82 Å². The highest BCUT2D eigenvalue weighted by Gasteiger charge is 2.07. The van der Waals surface area contributed by atoms with Gasteiger partial charge in [-0.05, 0) is 37.5 Å². The lowest BCUT2D eigenvalue weighted by molar-refractivity contribution is 0.639. The van der Waals surface area contributed by atoms with Gasteiger partial charge >= 0.3 is 0 Å². The van der Waals surface area contributed by atoms with E-state index in [1.807, 2.05) is 37.3 Å². The molecule has 0 spiro atoms. The van der Waals surface area contributed by atoms with Gasteiger partial charge in [-0.1, -0.05) is 26.0 Å². The van der Waals surface area contributed by atoms with Crippen LogP contribution in [0.15, 0.2) is 41.3 Å². The second-order valence-electron chi connectivity index (χ2n) is 4.94. The van der Waals surface area contributed by atoms with Gasteiger partial charge in [0, 0.05) is 17.5 Å². The first-order chi connectivity index (χ1) is 8.58. The van der Waals surface area contributed by atoms with Gasteiger partial charge in [-0.25, -0.2) is 4.98 Å². The smallest absolute Gasteiger partial charge is 0.259 e. The molecule has 0 aromatic carbocycles. The van der Waals surface area contributed by atoms with Crippen molar-refractivity contribution in [1.82, 2.24) is 9.55 Å². The molecule has 2 heterocycles. The summed E-state index contributed by atoms with van der Waals surface area (Å²) in [5.41, 5.74) is 1.79. The molecule has 2 aromatic rings. The van der Waals surface area contributed by atoms with Crippen LogP contribution in [0.3, 0.4) is 0 Å². The fourth-order valence-corrected chi connectivity index (χ4v) is 1.98. The number of aryl methyl sites for hydroxylation is 1. The molecule has 0 atom stereocenters. The number of hydrogen-bond acceptors (Lipinski definition) is 2. The number of hydrogen-bond donors (Lipinski definition) is 0. The van der Waals surface area contributed by atoms with Crippen LogP contribution in [0.1, 0.15) is 25.1 Å². The van der Waals surface area contributed by atoms with E-state index in [0.717, 1.165) is 17.7 Å². The van der Waals surface area contributed by atoms with Crippen molar-refractivity contribution in [3.8, 4) is 5.82 Å². The highest BCUT2D eigenvalue weighted by atomic mass is 16.1. The monoisotopic (exact) mass is 242 g/mol. The van der Waals surface area contributed by atoms with Crippen LogP contribution in [0.4, 0.5) is 0 Å². The Morgan fingerprint density at radius 2 is 2.00 bits per heavy atom. The van der Waals surface area contributed by atoms with Crippen LogP contribution < -0.4 is 5.56 Å². The first-order valence-electron chi connectivity index (χ1n) is 6.22. The lowest BCUT2D eigenvalue weighted by Gasteiger charge is -2.09. The summed E-state index contributed by atoms with van der Waals surface area (Å²) in [7, 11) is 0. The highest BCUT2D eigenvalue weighted by molar-refractivity contribution is 5.27. The zero-order chi connectivity index (χ0) is 13.1. The third-order valence-electron chi connectivity index (χ3n) is 2.77. The molecular formula is C15H18N2O. The van der Waals surface area contributed by atoms with Crippen molar-refractivity contribution in [3.05, 3.63) is 58.1 Å². The molecule has 2 aromatic heterocycles. The number of aromatic nitrogens is 2. The summed E-state index contributed by atoms with van der Waals surface area (Å²) < 4.78 is 1.62. The predicted octanol–water partition coefficient (Wildman–Crippen LogP) is 2.74. The van der Waals surface area contributed by atoms with Crippen molar-refractivity contribution in [1.29, 1.82) is 0 Å². The van der Waals surface area contributed by atoms with E-state index in [4.69, 9.17) is 0 Å². The van der Waals surface area contributed by atoms with Gasteiger partial charge in [0.25, 0.3) is 5.56 Å². The number of rotatable bonds is 3. The summed E-state index contributed by atoms with van der Waals surface area (Å²) in [6, 6.07) is 9.50. The summed E-state index contributed by atoms with van der Waals surface area (Å²) in [5.74, 6) is 1.16. The highest BCUT2D eigenvalue weighted by Crippen LogP contribution is 2.06. The lowest BCUT2D eigenvalue weighted by Crippen LogP contribution is -2.23. The van der Waals surface area contributed by atoms with E-state index in [1.165, 1.54) is 0 Å². The summed E-state index contributed by atoms with van der Waals surface area (Å²) in [6.45, 7) is 6.15. The molecule has 0 bridgehead atoms. The molecule has 0 fully saturated rings. The van der Waals surface area contributed by atoms with E-state index in [-0.39, 0.29) is 5.56 Å². The molecule has 0 unspecified atom stereocenters. The van der Waals surface area contributed by atoms with Gasteiger partial charge in [0.15, 0.2) is 0 Å². The molecule has 0 aliphatic heterocycles. The Morgan fingerprint density at radius 1 is 1.22 bits per heavy atom. The van der Waals surface area contributed by atoms with Crippen LogP contribution in [0.5, 0.6) is 0 Å². The van der Waals surface area contributed by atoms with Crippen molar-refractivity contribution in [2.75, 3.05) is 0 Å². The van der Waals surface area contributed by atoms with E-state index in [2.05, 4.69) is 18.8 Å². The Morgan fingerprint density at radius 3 is 2.67 bits per heavy atom. The van der Waals surface area contributed by atoms with Gasteiger partial charge < -0.3 is 0 Å². The maximum atomic E-state index is 12.3. The minimum atomic E-state index is 0.0318. The molecule has 3 heteroatoms. The molecule has 0 amide bonds. The van der Waals surface area contributed by atoms with E-state index < -0.39 is 0 Å². The van der Waals surface area contributed by atoms with E-state index >= 15 is 0 Å². The van der Waals surface area contributed by atoms with Crippen molar-refractivity contribution >= 4 is 0 Å². The Hall–Kier alpha value is -1.90. The van der Waals surface area contributed by atoms with Gasteiger partial charge in [0.05, 0.1) is 0 Å². The first kappa shape index (κ1) is 12.6. The fraction of sp³-hybridized carbons (Fsp3) is 0.333. The summed E-state index contributed by atoms with van der Waals surface area (Å²) in [4.78, 5) is 16.7. The zero-order valence-corrected chi connectivity index (χ0v) is 11.1. The molecule has 94 valence electrons. The van der Waals surface area contributed by atoms with Crippen molar-refractivity contribution in [2.24, 2.45) is 5.92 Å².